The zero-order valence-electron chi connectivity index (χ0n) is 9.23. The number of Topliss-reactive ketones (excluding diaryl/α,β-unsaturated/α-hetero) is 1. The number of rotatable bonds is 2. The first-order valence-electron chi connectivity index (χ1n) is 5.41. The Kier molecular flexibility index (Phi) is 2.86. The maximum absolute atomic E-state index is 12.1. The van der Waals surface area contributed by atoms with E-state index in [1.54, 1.807) is 12.5 Å². The predicted molar refractivity (Wildman–Crippen MR) is 57.7 cm³/mol. The number of imidazole rings is 1. The molecule has 4 heteroatoms. The van der Waals surface area contributed by atoms with Crippen molar-refractivity contribution in [1.29, 1.82) is 0 Å². The lowest BCUT2D eigenvalue weighted by molar-refractivity contribution is 0.0843. The normalized spacial score (nSPS) is 26.5. The first-order valence-corrected chi connectivity index (χ1v) is 5.41. The second-order valence-electron chi connectivity index (χ2n) is 4.37. The molecule has 1 saturated heterocycles. The van der Waals surface area contributed by atoms with Crippen LogP contribution in [0.25, 0.3) is 0 Å². The molecule has 0 spiro atoms. The Bertz CT molecular complexity index is 358. The van der Waals surface area contributed by atoms with E-state index in [0.717, 1.165) is 19.5 Å². The van der Waals surface area contributed by atoms with Crippen LogP contribution in [0.5, 0.6) is 0 Å². The topological polar surface area (TPSA) is 46.9 Å². The lowest BCUT2D eigenvalue weighted by atomic mass is 9.83. The number of hydrogen-bond donors (Lipinski definition) is 1. The summed E-state index contributed by atoms with van der Waals surface area (Å²) in [6, 6.07) is 0. The van der Waals surface area contributed by atoms with Gasteiger partial charge in [-0.1, -0.05) is 6.92 Å². The third-order valence-electron chi connectivity index (χ3n) is 3.08. The smallest absolute Gasteiger partial charge is 0.186 e. The fraction of sp³-hybridized carbons (Fsp3) is 0.636. The summed E-state index contributed by atoms with van der Waals surface area (Å²) in [6.45, 7) is 3.99. The maximum Gasteiger partial charge on any atom is 0.186 e. The minimum Gasteiger partial charge on any atom is -0.340 e. The molecule has 2 atom stereocenters. The molecule has 1 aromatic heterocycles. The summed E-state index contributed by atoms with van der Waals surface area (Å²) in [5.41, 5.74) is 0.608. The highest BCUT2D eigenvalue weighted by Crippen LogP contribution is 2.22. The van der Waals surface area contributed by atoms with Crippen LogP contribution in [0.4, 0.5) is 0 Å². The lowest BCUT2D eigenvalue weighted by Gasteiger charge is -2.27. The third-order valence-corrected chi connectivity index (χ3v) is 3.08. The predicted octanol–water partition coefficient (Wildman–Crippen LogP) is 0.848. The van der Waals surface area contributed by atoms with E-state index in [9.17, 15) is 4.79 Å². The minimum atomic E-state index is 0.140. The van der Waals surface area contributed by atoms with Gasteiger partial charge in [-0.05, 0) is 25.4 Å². The van der Waals surface area contributed by atoms with Gasteiger partial charge in [0.2, 0.25) is 0 Å². The van der Waals surface area contributed by atoms with Gasteiger partial charge in [0.25, 0.3) is 0 Å². The van der Waals surface area contributed by atoms with Gasteiger partial charge in [0, 0.05) is 19.2 Å². The Morgan fingerprint density at radius 1 is 1.67 bits per heavy atom. The van der Waals surface area contributed by atoms with Crippen LogP contribution >= 0.6 is 0 Å². The van der Waals surface area contributed by atoms with Gasteiger partial charge >= 0.3 is 0 Å². The average molecular weight is 207 g/mol. The molecule has 2 heterocycles. The Labute approximate surface area is 89.7 Å². The fourth-order valence-corrected chi connectivity index (χ4v) is 2.13. The lowest BCUT2D eigenvalue weighted by Crippen LogP contribution is -2.38. The summed E-state index contributed by atoms with van der Waals surface area (Å²) in [5, 5.41) is 3.30. The first kappa shape index (κ1) is 10.4. The molecule has 1 fully saturated rings. The highest BCUT2D eigenvalue weighted by molar-refractivity contribution is 5.96. The molecule has 1 aliphatic heterocycles. The van der Waals surface area contributed by atoms with Crippen molar-refractivity contribution in [3.05, 3.63) is 18.2 Å². The highest BCUT2D eigenvalue weighted by Gasteiger charge is 2.29. The molecule has 0 saturated carbocycles. The van der Waals surface area contributed by atoms with Crippen LogP contribution in [0.2, 0.25) is 0 Å². The van der Waals surface area contributed by atoms with Crippen molar-refractivity contribution in [2.75, 3.05) is 13.1 Å². The van der Waals surface area contributed by atoms with Gasteiger partial charge in [0.05, 0.1) is 6.33 Å². The number of aromatic nitrogens is 2. The van der Waals surface area contributed by atoms with Crippen LogP contribution < -0.4 is 5.32 Å². The molecule has 82 valence electrons. The monoisotopic (exact) mass is 207 g/mol. The number of ketones is 1. The second-order valence-corrected chi connectivity index (χ2v) is 4.37. The van der Waals surface area contributed by atoms with Gasteiger partial charge < -0.3 is 9.88 Å². The zero-order chi connectivity index (χ0) is 10.8. The van der Waals surface area contributed by atoms with E-state index >= 15 is 0 Å². The van der Waals surface area contributed by atoms with Gasteiger partial charge in [-0.2, -0.15) is 0 Å². The summed E-state index contributed by atoms with van der Waals surface area (Å²) >= 11 is 0. The van der Waals surface area contributed by atoms with E-state index in [1.165, 1.54) is 0 Å². The Morgan fingerprint density at radius 3 is 3.07 bits per heavy atom. The number of carbonyl (C=O) groups excluding carboxylic acids is 1. The average Bonchev–Trinajstić information content (AvgIpc) is 2.65. The number of piperidine rings is 1. The van der Waals surface area contributed by atoms with E-state index in [-0.39, 0.29) is 11.7 Å². The summed E-state index contributed by atoms with van der Waals surface area (Å²) < 4.78 is 1.82. The van der Waals surface area contributed by atoms with Gasteiger partial charge in [-0.15, -0.1) is 0 Å². The van der Waals surface area contributed by atoms with Crippen LogP contribution in [-0.2, 0) is 7.05 Å². The fourth-order valence-electron chi connectivity index (χ4n) is 2.13. The SMILES string of the molecule is CC1CNCCC1C(=O)c1cn(C)cn1. The summed E-state index contributed by atoms with van der Waals surface area (Å²) in [6.07, 6.45) is 4.41. The molecule has 0 bridgehead atoms. The van der Waals surface area contributed by atoms with Crippen molar-refractivity contribution in [2.24, 2.45) is 18.9 Å². The van der Waals surface area contributed by atoms with E-state index in [2.05, 4.69) is 17.2 Å². The number of aryl methyl sites for hydroxylation is 1. The number of nitrogens with one attached hydrogen (secondary N) is 1. The van der Waals surface area contributed by atoms with Gasteiger partial charge in [-0.3, -0.25) is 4.79 Å². The van der Waals surface area contributed by atoms with Gasteiger partial charge in [-0.25, -0.2) is 4.98 Å². The molecular formula is C11H17N3O. The number of nitrogens with zero attached hydrogens (tertiary/aromatic N) is 2. The number of hydrogen-bond acceptors (Lipinski definition) is 3. The summed E-state index contributed by atoms with van der Waals surface area (Å²) in [4.78, 5) is 16.2. The summed E-state index contributed by atoms with van der Waals surface area (Å²) in [7, 11) is 1.88. The van der Waals surface area contributed by atoms with Crippen LogP contribution in [0.3, 0.4) is 0 Å². The van der Waals surface area contributed by atoms with Crippen molar-refractivity contribution in [3.8, 4) is 0 Å². The summed E-state index contributed by atoms with van der Waals surface area (Å²) in [5.74, 6) is 0.749. The Hall–Kier alpha value is -1.16. The van der Waals surface area contributed by atoms with Gasteiger partial charge in [0.15, 0.2) is 5.78 Å². The molecule has 4 nitrogen and oxygen atoms in total. The van der Waals surface area contributed by atoms with Gasteiger partial charge in [0.1, 0.15) is 5.69 Å². The molecule has 15 heavy (non-hydrogen) atoms. The minimum absolute atomic E-state index is 0.140. The van der Waals surface area contributed by atoms with E-state index in [0.29, 0.717) is 11.6 Å². The van der Waals surface area contributed by atoms with E-state index in [1.807, 2.05) is 11.6 Å². The van der Waals surface area contributed by atoms with Crippen LogP contribution in [0.1, 0.15) is 23.8 Å². The molecule has 0 radical (unpaired) electrons. The molecule has 1 N–H and O–H groups in total. The van der Waals surface area contributed by atoms with E-state index in [4.69, 9.17) is 0 Å². The molecular weight excluding hydrogens is 190 g/mol. The van der Waals surface area contributed by atoms with Crippen molar-refractivity contribution < 1.29 is 4.79 Å². The van der Waals surface area contributed by atoms with Crippen LogP contribution in [-0.4, -0.2) is 28.4 Å². The Balaban J connectivity index is 2.13. The third kappa shape index (κ3) is 2.09. The highest BCUT2D eigenvalue weighted by atomic mass is 16.1. The van der Waals surface area contributed by atoms with Crippen molar-refractivity contribution in [1.82, 2.24) is 14.9 Å². The van der Waals surface area contributed by atoms with Crippen molar-refractivity contribution in [2.45, 2.75) is 13.3 Å². The largest absolute Gasteiger partial charge is 0.340 e. The second kappa shape index (κ2) is 4.14. The molecule has 1 aliphatic rings. The van der Waals surface area contributed by atoms with Crippen molar-refractivity contribution >= 4 is 5.78 Å². The van der Waals surface area contributed by atoms with Crippen LogP contribution in [0, 0.1) is 11.8 Å². The molecule has 2 unspecified atom stereocenters. The quantitative estimate of drug-likeness (QED) is 0.731. The Morgan fingerprint density at radius 2 is 2.47 bits per heavy atom. The molecule has 2 rings (SSSR count). The number of carbonyl (C=O) groups is 1. The van der Waals surface area contributed by atoms with Crippen molar-refractivity contribution in [3.63, 3.8) is 0 Å². The van der Waals surface area contributed by atoms with E-state index < -0.39 is 0 Å². The molecule has 1 aromatic rings. The standard InChI is InChI=1S/C11H17N3O/c1-8-5-12-4-3-9(8)11(15)10-6-14(2)7-13-10/h6-9,12H,3-5H2,1-2H3. The maximum atomic E-state index is 12.1. The molecule has 0 aliphatic carbocycles. The molecule has 0 aromatic carbocycles. The molecule has 0 amide bonds. The van der Waals surface area contributed by atoms with Crippen LogP contribution in [0.15, 0.2) is 12.5 Å². The zero-order valence-corrected chi connectivity index (χ0v) is 9.23. The first-order chi connectivity index (χ1) is 7.18.